The molecule has 3 aromatic rings. The van der Waals surface area contributed by atoms with Gasteiger partial charge in [0.15, 0.2) is 0 Å². The normalized spacial score (nSPS) is 12.3. The van der Waals surface area contributed by atoms with E-state index in [2.05, 4.69) is 81.0 Å². The largest absolute Gasteiger partial charge is 0.491 e. The molecule has 0 spiro atoms. The summed E-state index contributed by atoms with van der Waals surface area (Å²) in [4.78, 5) is 0. The molecule has 1 unspecified atom stereocenters. The molecule has 4 rings (SSSR count). The number of methoxy groups -OCH3 is 1. The van der Waals surface area contributed by atoms with Crippen molar-refractivity contribution in [2.45, 2.75) is 60.5 Å². The number of hydrogen-bond donors (Lipinski definition) is 0. The van der Waals surface area contributed by atoms with E-state index in [9.17, 15) is 0 Å². The first kappa shape index (κ1) is 31.8. The molecular weight excluding hydrogens is 396 g/mol. The summed E-state index contributed by atoms with van der Waals surface area (Å²) in [5.41, 5.74) is 0. The van der Waals surface area contributed by atoms with Gasteiger partial charge in [0, 0.05) is 14.2 Å². The number of ether oxygens (including phenoxy) is 3. The van der Waals surface area contributed by atoms with Gasteiger partial charge in [0.1, 0.15) is 18.5 Å². The molecule has 1 aliphatic rings. The molecule has 1 atom stereocenters. The SMILES string of the molecule is CC.CCC.CCC.COC.c1ccc(OCC2CO2)cc1.c1ccc2ccccc2c1. The van der Waals surface area contributed by atoms with Gasteiger partial charge in [-0.1, -0.05) is 121 Å². The van der Waals surface area contributed by atoms with E-state index < -0.39 is 0 Å². The zero-order valence-electron chi connectivity index (χ0n) is 21.6. The lowest BCUT2D eigenvalue weighted by Crippen LogP contribution is -2.03. The number of para-hydroxylation sites is 1. The average Bonchev–Trinajstić information content (AvgIpc) is 3.67. The fourth-order valence-electron chi connectivity index (χ4n) is 2.00. The van der Waals surface area contributed by atoms with Crippen LogP contribution >= 0.6 is 0 Å². The summed E-state index contributed by atoms with van der Waals surface area (Å²) in [6, 6.07) is 26.5. The Morgan fingerprint density at radius 2 is 1.00 bits per heavy atom. The van der Waals surface area contributed by atoms with Crippen LogP contribution in [0.1, 0.15) is 54.4 Å². The maximum Gasteiger partial charge on any atom is 0.119 e. The third-order valence-corrected chi connectivity index (χ3v) is 3.24. The van der Waals surface area contributed by atoms with Crippen molar-refractivity contribution < 1.29 is 14.2 Å². The van der Waals surface area contributed by atoms with Gasteiger partial charge in [-0.15, -0.1) is 0 Å². The fourth-order valence-corrected chi connectivity index (χ4v) is 2.00. The Kier molecular flexibility index (Phi) is 24.8. The molecule has 0 N–H and O–H groups in total. The Bertz CT molecular complexity index is 654. The first-order chi connectivity index (χ1) is 15.7. The molecule has 0 aliphatic carbocycles. The lowest BCUT2D eigenvalue weighted by molar-refractivity contribution is 0.263. The molecule has 0 radical (unpaired) electrons. The quantitative estimate of drug-likeness (QED) is 0.381. The van der Waals surface area contributed by atoms with Crippen LogP contribution in [0.4, 0.5) is 0 Å². The van der Waals surface area contributed by atoms with Crippen molar-refractivity contribution in [3.8, 4) is 5.75 Å². The van der Waals surface area contributed by atoms with Crippen molar-refractivity contribution in [2.75, 3.05) is 27.4 Å². The average molecular weight is 443 g/mol. The monoisotopic (exact) mass is 442 g/mol. The highest BCUT2D eigenvalue weighted by molar-refractivity contribution is 5.81. The zero-order valence-corrected chi connectivity index (χ0v) is 21.6. The summed E-state index contributed by atoms with van der Waals surface area (Å²) in [7, 11) is 3.25. The molecular formula is C29H46O3. The molecule has 32 heavy (non-hydrogen) atoms. The van der Waals surface area contributed by atoms with Crippen molar-refractivity contribution >= 4 is 10.8 Å². The van der Waals surface area contributed by atoms with E-state index in [0.717, 1.165) is 12.4 Å². The number of benzene rings is 3. The molecule has 1 aliphatic heterocycles. The minimum atomic E-state index is 0.343. The lowest BCUT2D eigenvalue weighted by Gasteiger charge is -2.01. The van der Waals surface area contributed by atoms with Crippen LogP contribution in [-0.2, 0) is 9.47 Å². The van der Waals surface area contributed by atoms with Gasteiger partial charge >= 0.3 is 0 Å². The van der Waals surface area contributed by atoms with Crippen LogP contribution in [0.5, 0.6) is 5.75 Å². The summed E-state index contributed by atoms with van der Waals surface area (Å²) in [6.07, 6.45) is 2.84. The maximum absolute atomic E-state index is 5.40. The summed E-state index contributed by atoms with van der Waals surface area (Å²) >= 11 is 0. The Balaban J connectivity index is 0. The maximum atomic E-state index is 5.40. The van der Waals surface area contributed by atoms with E-state index in [1.54, 1.807) is 14.2 Å². The van der Waals surface area contributed by atoms with E-state index >= 15 is 0 Å². The molecule has 3 aromatic carbocycles. The van der Waals surface area contributed by atoms with Crippen molar-refractivity contribution in [2.24, 2.45) is 0 Å². The predicted molar refractivity (Wildman–Crippen MR) is 142 cm³/mol. The van der Waals surface area contributed by atoms with Crippen LogP contribution in [0.3, 0.4) is 0 Å². The van der Waals surface area contributed by atoms with Gasteiger partial charge in [-0.05, 0) is 22.9 Å². The number of hydrogen-bond acceptors (Lipinski definition) is 3. The van der Waals surface area contributed by atoms with Gasteiger partial charge < -0.3 is 14.2 Å². The van der Waals surface area contributed by atoms with Crippen LogP contribution in [0, 0.1) is 0 Å². The van der Waals surface area contributed by atoms with E-state index in [-0.39, 0.29) is 0 Å². The highest BCUT2D eigenvalue weighted by Gasteiger charge is 2.22. The van der Waals surface area contributed by atoms with Crippen LogP contribution in [0.2, 0.25) is 0 Å². The fraction of sp³-hybridized carbons (Fsp3) is 0.448. The predicted octanol–water partition coefficient (Wildman–Crippen LogP) is 8.43. The van der Waals surface area contributed by atoms with Gasteiger partial charge in [0.05, 0.1) is 6.61 Å². The highest BCUT2D eigenvalue weighted by atomic mass is 16.6. The molecule has 0 aromatic heterocycles. The first-order valence-electron chi connectivity index (χ1n) is 11.8. The van der Waals surface area contributed by atoms with Crippen molar-refractivity contribution in [1.82, 2.24) is 0 Å². The Morgan fingerprint density at radius 3 is 1.31 bits per heavy atom. The number of epoxide rings is 1. The topological polar surface area (TPSA) is 31.0 Å². The van der Waals surface area contributed by atoms with Crippen molar-refractivity contribution in [3.05, 3.63) is 78.9 Å². The third kappa shape index (κ3) is 19.6. The van der Waals surface area contributed by atoms with Crippen LogP contribution in [0.25, 0.3) is 10.8 Å². The third-order valence-electron chi connectivity index (χ3n) is 3.24. The second kappa shape index (κ2) is 24.9. The number of fused-ring (bicyclic) bond motifs is 1. The molecule has 0 bridgehead atoms. The molecule has 0 amide bonds. The highest BCUT2D eigenvalue weighted by Crippen LogP contribution is 2.13. The Hall–Kier alpha value is -2.36. The van der Waals surface area contributed by atoms with Gasteiger partial charge in [0.25, 0.3) is 0 Å². The second-order valence-corrected chi connectivity index (χ2v) is 6.75. The first-order valence-corrected chi connectivity index (χ1v) is 11.8. The van der Waals surface area contributed by atoms with Gasteiger partial charge in [-0.2, -0.15) is 0 Å². The van der Waals surface area contributed by atoms with Crippen LogP contribution in [-0.4, -0.2) is 33.5 Å². The molecule has 180 valence electrons. The van der Waals surface area contributed by atoms with Gasteiger partial charge in [-0.3, -0.25) is 0 Å². The minimum Gasteiger partial charge on any atom is -0.491 e. The van der Waals surface area contributed by atoms with E-state index in [1.165, 1.54) is 23.6 Å². The molecule has 3 heteroatoms. The summed E-state index contributed by atoms with van der Waals surface area (Å²) in [5, 5.41) is 2.62. The smallest absolute Gasteiger partial charge is 0.119 e. The second-order valence-electron chi connectivity index (χ2n) is 6.75. The Labute approximate surface area is 197 Å². The van der Waals surface area contributed by atoms with Crippen LogP contribution in [0.15, 0.2) is 78.9 Å². The zero-order chi connectivity index (χ0) is 24.5. The molecule has 1 saturated heterocycles. The van der Waals surface area contributed by atoms with Gasteiger partial charge in [-0.25, -0.2) is 0 Å². The van der Waals surface area contributed by atoms with Crippen LogP contribution < -0.4 is 4.74 Å². The van der Waals surface area contributed by atoms with E-state index in [0.29, 0.717) is 12.7 Å². The summed E-state index contributed by atoms with van der Waals surface area (Å²) in [6.45, 7) is 14.0. The van der Waals surface area contributed by atoms with Crippen molar-refractivity contribution in [3.63, 3.8) is 0 Å². The summed E-state index contributed by atoms with van der Waals surface area (Å²) < 4.78 is 14.7. The standard InChI is InChI=1S/C10H8.C9H10O2.2C3H8.C2H6O.C2H6/c1-2-6-10-8-4-3-7-9(10)5-1;1-2-4-8(5-3-1)10-6-9-7-11-9;3*1-3-2;1-2/h1-8H;1-5,9H,6-7H2;2*3H2,1-2H3;1-2H3;1-2H3. The molecule has 1 heterocycles. The van der Waals surface area contributed by atoms with Crippen molar-refractivity contribution in [1.29, 1.82) is 0 Å². The molecule has 1 fully saturated rings. The minimum absolute atomic E-state index is 0.343. The van der Waals surface area contributed by atoms with Gasteiger partial charge in [0.2, 0.25) is 0 Å². The van der Waals surface area contributed by atoms with E-state index in [4.69, 9.17) is 9.47 Å². The molecule has 0 saturated carbocycles. The summed E-state index contributed by atoms with van der Waals surface area (Å²) in [5.74, 6) is 0.919. The lowest BCUT2D eigenvalue weighted by atomic mass is 10.1. The number of rotatable bonds is 3. The van der Waals surface area contributed by atoms with E-state index in [1.807, 2.05) is 44.2 Å². The Morgan fingerprint density at radius 1 is 0.688 bits per heavy atom. The molecule has 3 nitrogen and oxygen atoms in total.